The maximum atomic E-state index is 6.04. The molecule has 3 aromatic rings. The summed E-state index contributed by atoms with van der Waals surface area (Å²) in [6, 6.07) is 12.2. The van der Waals surface area contributed by atoms with Crippen molar-refractivity contribution in [3.63, 3.8) is 0 Å². The van der Waals surface area contributed by atoms with Crippen LogP contribution in [0.3, 0.4) is 0 Å². The molecular formula is C14H11ClN+. The van der Waals surface area contributed by atoms with E-state index in [0.29, 0.717) is 0 Å². The summed E-state index contributed by atoms with van der Waals surface area (Å²) in [6.07, 6.45) is 4.20. The van der Waals surface area contributed by atoms with Gasteiger partial charge in [-0.15, -0.1) is 0 Å². The number of hydrogen-bond acceptors (Lipinski definition) is 0. The Bertz CT molecular complexity index is 689. The molecule has 0 radical (unpaired) electrons. The third kappa shape index (κ3) is 1.36. The summed E-state index contributed by atoms with van der Waals surface area (Å²) in [4.78, 5) is 0. The molecule has 0 aliphatic heterocycles. The second-order valence-electron chi connectivity index (χ2n) is 3.98. The Morgan fingerprint density at radius 3 is 2.88 bits per heavy atom. The fourth-order valence-electron chi connectivity index (χ4n) is 2.14. The van der Waals surface area contributed by atoms with Gasteiger partial charge in [-0.3, -0.25) is 0 Å². The highest BCUT2D eigenvalue weighted by atomic mass is 35.5. The molecule has 0 spiro atoms. The average Bonchev–Trinajstić information content (AvgIpc) is 2.31. The van der Waals surface area contributed by atoms with E-state index in [1.54, 1.807) is 0 Å². The third-order valence-electron chi connectivity index (χ3n) is 2.97. The summed E-state index contributed by atoms with van der Waals surface area (Å²) in [5, 5.41) is 3.22. The predicted molar refractivity (Wildman–Crippen MR) is 66.9 cm³/mol. The van der Waals surface area contributed by atoms with E-state index in [-0.39, 0.29) is 0 Å². The fourth-order valence-corrected chi connectivity index (χ4v) is 2.31. The number of rotatable bonds is 0. The van der Waals surface area contributed by atoms with E-state index in [9.17, 15) is 0 Å². The number of pyridine rings is 2. The first-order valence-electron chi connectivity index (χ1n) is 5.24. The van der Waals surface area contributed by atoms with E-state index < -0.39 is 0 Å². The van der Waals surface area contributed by atoms with Crippen LogP contribution in [0, 0.1) is 6.92 Å². The van der Waals surface area contributed by atoms with Crippen LogP contribution in [0.25, 0.3) is 16.3 Å². The first kappa shape index (κ1) is 9.61. The maximum Gasteiger partial charge on any atom is 0.214 e. The van der Waals surface area contributed by atoms with Crippen LogP contribution in [0.4, 0.5) is 0 Å². The van der Waals surface area contributed by atoms with Gasteiger partial charge in [-0.1, -0.05) is 11.6 Å². The summed E-state index contributed by atoms with van der Waals surface area (Å²) in [7, 11) is 0. The molecule has 0 amide bonds. The molecule has 0 unspecified atom stereocenters. The lowest BCUT2D eigenvalue weighted by Crippen LogP contribution is -2.21. The quantitative estimate of drug-likeness (QED) is 0.409. The number of halogens is 1. The van der Waals surface area contributed by atoms with Crippen molar-refractivity contribution in [2.45, 2.75) is 6.92 Å². The van der Waals surface area contributed by atoms with Gasteiger partial charge in [-0.25, -0.2) is 0 Å². The molecule has 0 aliphatic rings. The highest BCUT2D eigenvalue weighted by Crippen LogP contribution is 2.23. The molecule has 0 aliphatic carbocycles. The molecule has 1 nitrogen and oxygen atoms in total. The Hall–Kier alpha value is -1.60. The molecule has 0 atom stereocenters. The fraction of sp³-hybridized carbons (Fsp3) is 0.0714. The lowest BCUT2D eigenvalue weighted by atomic mass is 10.1. The Labute approximate surface area is 98.9 Å². The van der Waals surface area contributed by atoms with Crippen LogP contribution >= 0.6 is 11.6 Å². The van der Waals surface area contributed by atoms with Crippen molar-refractivity contribution in [2.75, 3.05) is 0 Å². The minimum absolute atomic E-state index is 0.788. The lowest BCUT2D eigenvalue weighted by Gasteiger charge is -2.02. The molecule has 2 aromatic heterocycles. The van der Waals surface area contributed by atoms with Crippen LogP contribution < -0.4 is 4.40 Å². The minimum Gasteiger partial charge on any atom is -0.166 e. The standard InChI is InChI=1S/C14H11ClN/c1-10-13-8-12(15)6-5-11(13)9-16-7-3-2-4-14(10)16/h2-9H,1H3/q+1. The first-order valence-corrected chi connectivity index (χ1v) is 5.62. The number of benzene rings is 1. The number of nitrogens with zero attached hydrogens (tertiary/aromatic N) is 1. The Morgan fingerprint density at radius 1 is 1.12 bits per heavy atom. The molecule has 2 heterocycles. The van der Waals surface area contributed by atoms with Gasteiger partial charge in [0.25, 0.3) is 0 Å². The van der Waals surface area contributed by atoms with E-state index in [1.165, 1.54) is 21.9 Å². The Kier molecular flexibility index (Phi) is 2.08. The van der Waals surface area contributed by atoms with Crippen molar-refractivity contribution < 1.29 is 4.40 Å². The van der Waals surface area contributed by atoms with Gasteiger partial charge in [0.2, 0.25) is 5.52 Å². The zero-order valence-corrected chi connectivity index (χ0v) is 9.70. The van der Waals surface area contributed by atoms with E-state index in [2.05, 4.69) is 41.9 Å². The Morgan fingerprint density at radius 2 is 2.00 bits per heavy atom. The number of hydrogen-bond donors (Lipinski definition) is 0. The van der Waals surface area contributed by atoms with Crippen molar-refractivity contribution in [2.24, 2.45) is 0 Å². The second kappa shape index (κ2) is 3.46. The van der Waals surface area contributed by atoms with Crippen LogP contribution in [-0.4, -0.2) is 0 Å². The van der Waals surface area contributed by atoms with Gasteiger partial charge in [-0.05, 0) is 36.6 Å². The summed E-state index contributed by atoms with van der Waals surface area (Å²) in [5.41, 5.74) is 2.48. The minimum atomic E-state index is 0.788. The smallest absolute Gasteiger partial charge is 0.166 e. The van der Waals surface area contributed by atoms with Gasteiger partial charge in [0, 0.05) is 28.1 Å². The molecule has 0 N–H and O–H groups in total. The van der Waals surface area contributed by atoms with E-state index in [4.69, 9.17) is 11.6 Å². The van der Waals surface area contributed by atoms with Crippen LogP contribution in [-0.2, 0) is 0 Å². The van der Waals surface area contributed by atoms with Gasteiger partial charge < -0.3 is 0 Å². The van der Waals surface area contributed by atoms with Crippen LogP contribution in [0.15, 0.2) is 48.8 Å². The van der Waals surface area contributed by atoms with Crippen molar-refractivity contribution >= 4 is 27.9 Å². The van der Waals surface area contributed by atoms with Gasteiger partial charge in [-0.2, -0.15) is 4.40 Å². The highest BCUT2D eigenvalue weighted by molar-refractivity contribution is 6.31. The molecule has 16 heavy (non-hydrogen) atoms. The molecule has 0 bridgehead atoms. The third-order valence-corrected chi connectivity index (χ3v) is 3.21. The molecule has 0 saturated heterocycles. The topological polar surface area (TPSA) is 4.10 Å². The normalized spacial score (nSPS) is 11.1. The zero-order valence-electron chi connectivity index (χ0n) is 8.94. The first-order chi connectivity index (χ1) is 7.75. The molecule has 78 valence electrons. The van der Waals surface area contributed by atoms with Crippen molar-refractivity contribution in [3.8, 4) is 0 Å². The van der Waals surface area contributed by atoms with Gasteiger partial charge in [0.05, 0.1) is 0 Å². The Balaban J connectivity index is 2.56. The van der Waals surface area contributed by atoms with Gasteiger partial charge in [0.15, 0.2) is 12.4 Å². The van der Waals surface area contributed by atoms with Gasteiger partial charge in [0.1, 0.15) is 0 Å². The van der Waals surface area contributed by atoms with Crippen molar-refractivity contribution in [3.05, 3.63) is 59.4 Å². The SMILES string of the molecule is Cc1c2cc(Cl)ccc2c[n+]2ccccc12. The number of aryl methyl sites for hydroxylation is 1. The molecule has 2 heteroatoms. The molecule has 0 saturated carbocycles. The van der Waals surface area contributed by atoms with Gasteiger partial charge >= 0.3 is 0 Å². The molecule has 0 fully saturated rings. The summed E-state index contributed by atoms with van der Waals surface area (Å²) in [5.74, 6) is 0. The molecule has 1 aromatic carbocycles. The van der Waals surface area contributed by atoms with Crippen molar-refractivity contribution in [1.29, 1.82) is 0 Å². The van der Waals surface area contributed by atoms with Crippen LogP contribution in [0.2, 0.25) is 5.02 Å². The van der Waals surface area contributed by atoms with E-state index in [0.717, 1.165) is 5.02 Å². The number of fused-ring (bicyclic) bond motifs is 2. The van der Waals surface area contributed by atoms with E-state index >= 15 is 0 Å². The summed E-state index contributed by atoms with van der Waals surface area (Å²) < 4.78 is 2.14. The summed E-state index contributed by atoms with van der Waals surface area (Å²) in [6.45, 7) is 2.13. The predicted octanol–water partition coefficient (Wildman–Crippen LogP) is 3.54. The summed E-state index contributed by atoms with van der Waals surface area (Å²) >= 11 is 6.04. The zero-order chi connectivity index (χ0) is 11.1. The average molecular weight is 229 g/mol. The number of aromatic nitrogens is 1. The second-order valence-corrected chi connectivity index (χ2v) is 4.42. The maximum absolute atomic E-state index is 6.04. The lowest BCUT2D eigenvalue weighted by molar-refractivity contribution is -0.510. The monoisotopic (exact) mass is 228 g/mol. The van der Waals surface area contributed by atoms with Crippen LogP contribution in [0.5, 0.6) is 0 Å². The highest BCUT2D eigenvalue weighted by Gasteiger charge is 2.09. The van der Waals surface area contributed by atoms with Crippen molar-refractivity contribution in [1.82, 2.24) is 0 Å². The molecular weight excluding hydrogens is 218 g/mol. The largest absolute Gasteiger partial charge is 0.214 e. The molecule has 3 rings (SSSR count). The van der Waals surface area contributed by atoms with E-state index in [1.807, 2.05) is 18.2 Å². The van der Waals surface area contributed by atoms with Crippen LogP contribution in [0.1, 0.15) is 5.56 Å².